The van der Waals surface area contributed by atoms with E-state index < -0.39 is 0 Å². The quantitative estimate of drug-likeness (QED) is 0.820. The van der Waals surface area contributed by atoms with E-state index in [-0.39, 0.29) is 5.91 Å². The highest BCUT2D eigenvalue weighted by Crippen LogP contribution is 2.17. The Balaban J connectivity index is 1.88. The highest BCUT2D eigenvalue weighted by atomic mass is 16.3. The molecule has 5 heteroatoms. The van der Waals surface area contributed by atoms with Gasteiger partial charge >= 0.3 is 0 Å². The van der Waals surface area contributed by atoms with Crippen molar-refractivity contribution in [2.45, 2.75) is 13.5 Å². The van der Waals surface area contributed by atoms with Crippen molar-refractivity contribution in [2.24, 2.45) is 0 Å². The first kappa shape index (κ1) is 14.1. The molecule has 1 heterocycles. The van der Waals surface area contributed by atoms with Crippen LogP contribution >= 0.6 is 0 Å². The van der Waals surface area contributed by atoms with Crippen LogP contribution in [0.3, 0.4) is 0 Å². The van der Waals surface area contributed by atoms with Crippen molar-refractivity contribution in [3.05, 3.63) is 47.9 Å². The Labute approximate surface area is 118 Å². The summed E-state index contributed by atoms with van der Waals surface area (Å²) in [5.41, 5.74) is 9.17. The molecular formula is C15H19N3O2. The number of nitrogens with one attached hydrogen (secondary N) is 1. The summed E-state index contributed by atoms with van der Waals surface area (Å²) in [6, 6.07) is 7.32. The molecule has 0 spiro atoms. The van der Waals surface area contributed by atoms with E-state index in [1.165, 1.54) is 0 Å². The van der Waals surface area contributed by atoms with E-state index in [4.69, 9.17) is 10.2 Å². The van der Waals surface area contributed by atoms with Gasteiger partial charge in [-0.1, -0.05) is 0 Å². The molecule has 0 saturated carbocycles. The van der Waals surface area contributed by atoms with Crippen molar-refractivity contribution in [3.8, 4) is 0 Å². The van der Waals surface area contributed by atoms with Crippen LogP contribution in [0.2, 0.25) is 0 Å². The molecule has 0 aliphatic heterocycles. The Hall–Kier alpha value is -2.27. The number of aryl methyl sites for hydroxylation is 1. The fourth-order valence-corrected chi connectivity index (χ4v) is 2.01. The number of benzene rings is 1. The topological polar surface area (TPSA) is 71.5 Å². The van der Waals surface area contributed by atoms with Gasteiger partial charge in [-0.2, -0.15) is 0 Å². The molecule has 0 bridgehead atoms. The Morgan fingerprint density at radius 3 is 2.85 bits per heavy atom. The predicted molar refractivity (Wildman–Crippen MR) is 79.3 cm³/mol. The highest BCUT2D eigenvalue weighted by molar-refractivity contribution is 5.93. The van der Waals surface area contributed by atoms with E-state index in [9.17, 15) is 4.79 Å². The van der Waals surface area contributed by atoms with Gasteiger partial charge in [-0.25, -0.2) is 0 Å². The first-order chi connectivity index (χ1) is 9.54. The molecule has 3 N–H and O–H groups in total. The highest BCUT2D eigenvalue weighted by Gasteiger charge is 2.09. The fourth-order valence-electron chi connectivity index (χ4n) is 2.01. The van der Waals surface area contributed by atoms with E-state index in [1.54, 1.807) is 18.6 Å². The predicted octanol–water partition coefficient (Wildman–Crippen LogP) is 2.24. The zero-order valence-electron chi connectivity index (χ0n) is 11.7. The van der Waals surface area contributed by atoms with E-state index in [2.05, 4.69) is 5.32 Å². The molecule has 20 heavy (non-hydrogen) atoms. The van der Waals surface area contributed by atoms with E-state index in [0.717, 1.165) is 16.8 Å². The maximum Gasteiger partial charge on any atom is 0.238 e. The summed E-state index contributed by atoms with van der Waals surface area (Å²) in [7, 11) is 1.89. The summed E-state index contributed by atoms with van der Waals surface area (Å²) < 4.78 is 5.00. The molecule has 0 fully saturated rings. The minimum atomic E-state index is -0.0520. The zero-order chi connectivity index (χ0) is 14.5. The molecule has 5 nitrogen and oxygen atoms in total. The summed E-state index contributed by atoms with van der Waals surface area (Å²) in [6.07, 6.45) is 3.31. The van der Waals surface area contributed by atoms with Crippen molar-refractivity contribution in [1.29, 1.82) is 0 Å². The smallest absolute Gasteiger partial charge is 0.238 e. The molecule has 0 radical (unpaired) electrons. The zero-order valence-corrected chi connectivity index (χ0v) is 11.7. The van der Waals surface area contributed by atoms with Gasteiger partial charge in [-0.05, 0) is 43.8 Å². The van der Waals surface area contributed by atoms with Crippen LogP contribution in [-0.2, 0) is 11.3 Å². The summed E-state index contributed by atoms with van der Waals surface area (Å²) in [4.78, 5) is 13.9. The van der Waals surface area contributed by atoms with Crippen molar-refractivity contribution < 1.29 is 9.21 Å². The molecular weight excluding hydrogens is 254 g/mol. The number of nitrogens with zero attached hydrogens (tertiary/aromatic N) is 1. The summed E-state index contributed by atoms with van der Waals surface area (Å²) in [6.45, 7) is 2.90. The monoisotopic (exact) mass is 273 g/mol. The van der Waals surface area contributed by atoms with Gasteiger partial charge in [0, 0.05) is 23.5 Å². The van der Waals surface area contributed by atoms with Gasteiger partial charge < -0.3 is 15.5 Å². The number of nitrogens with two attached hydrogens (primary N) is 1. The van der Waals surface area contributed by atoms with Crippen LogP contribution in [0.5, 0.6) is 0 Å². The van der Waals surface area contributed by atoms with Crippen LogP contribution in [0.4, 0.5) is 11.4 Å². The minimum absolute atomic E-state index is 0.0520. The second kappa shape index (κ2) is 6.25. The average molecular weight is 273 g/mol. The second-order valence-electron chi connectivity index (χ2n) is 4.93. The average Bonchev–Trinajstić information content (AvgIpc) is 2.85. The lowest BCUT2D eigenvalue weighted by molar-refractivity contribution is -0.117. The van der Waals surface area contributed by atoms with Crippen molar-refractivity contribution in [2.75, 3.05) is 24.6 Å². The lowest BCUT2D eigenvalue weighted by Gasteiger charge is -2.16. The molecule has 0 atom stereocenters. The van der Waals surface area contributed by atoms with Crippen LogP contribution < -0.4 is 11.1 Å². The number of nitrogen functional groups attached to an aromatic ring is 1. The Kier molecular flexibility index (Phi) is 4.42. The normalized spacial score (nSPS) is 10.8. The van der Waals surface area contributed by atoms with Gasteiger partial charge in [0.1, 0.15) is 0 Å². The SMILES string of the molecule is Cc1cc(N)ccc1NC(=O)CN(C)Cc1ccoc1. The second-order valence-corrected chi connectivity index (χ2v) is 4.93. The number of hydrogen-bond acceptors (Lipinski definition) is 4. The molecule has 2 aromatic rings. The summed E-state index contributed by atoms with van der Waals surface area (Å²) >= 11 is 0. The van der Waals surface area contributed by atoms with Gasteiger partial charge in [0.15, 0.2) is 0 Å². The van der Waals surface area contributed by atoms with Crippen LogP contribution in [0.15, 0.2) is 41.2 Å². The summed E-state index contributed by atoms with van der Waals surface area (Å²) in [5, 5.41) is 2.89. The van der Waals surface area contributed by atoms with E-state index in [0.29, 0.717) is 18.8 Å². The Bertz CT molecular complexity index is 579. The number of anilines is 2. The third-order valence-electron chi connectivity index (χ3n) is 2.97. The van der Waals surface area contributed by atoms with Crippen LogP contribution in [0, 0.1) is 6.92 Å². The Morgan fingerprint density at radius 2 is 2.20 bits per heavy atom. The minimum Gasteiger partial charge on any atom is -0.472 e. The molecule has 0 unspecified atom stereocenters. The number of hydrogen-bond donors (Lipinski definition) is 2. The van der Waals surface area contributed by atoms with Crippen LogP contribution in [-0.4, -0.2) is 24.4 Å². The molecule has 2 rings (SSSR count). The Morgan fingerprint density at radius 1 is 1.40 bits per heavy atom. The molecule has 0 aliphatic rings. The maximum atomic E-state index is 12.0. The fraction of sp³-hybridized carbons (Fsp3) is 0.267. The number of rotatable bonds is 5. The maximum absolute atomic E-state index is 12.0. The summed E-state index contributed by atoms with van der Waals surface area (Å²) in [5.74, 6) is -0.0520. The van der Waals surface area contributed by atoms with Gasteiger partial charge in [0.2, 0.25) is 5.91 Å². The van der Waals surface area contributed by atoms with E-state index >= 15 is 0 Å². The third-order valence-corrected chi connectivity index (χ3v) is 2.97. The molecule has 1 amide bonds. The van der Waals surface area contributed by atoms with Crippen molar-refractivity contribution in [3.63, 3.8) is 0 Å². The lowest BCUT2D eigenvalue weighted by Crippen LogP contribution is -2.29. The van der Waals surface area contributed by atoms with Crippen molar-refractivity contribution in [1.82, 2.24) is 4.90 Å². The van der Waals surface area contributed by atoms with Gasteiger partial charge in [-0.3, -0.25) is 9.69 Å². The van der Waals surface area contributed by atoms with E-state index in [1.807, 2.05) is 37.1 Å². The van der Waals surface area contributed by atoms with Gasteiger partial charge in [0.25, 0.3) is 0 Å². The molecule has 0 aliphatic carbocycles. The number of furan rings is 1. The number of likely N-dealkylation sites (N-methyl/N-ethyl adjacent to an activating group) is 1. The first-order valence-corrected chi connectivity index (χ1v) is 6.40. The molecule has 1 aromatic heterocycles. The number of carbonyl (C=O) groups excluding carboxylic acids is 1. The molecule has 1 aromatic carbocycles. The molecule has 106 valence electrons. The lowest BCUT2D eigenvalue weighted by atomic mass is 10.2. The third kappa shape index (κ3) is 3.86. The number of carbonyl (C=O) groups is 1. The van der Waals surface area contributed by atoms with Crippen LogP contribution in [0.1, 0.15) is 11.1 Å². The standard InChI is InChI=1S/C15H19N3O2/c1-11-7-13(16)3-4-14(11)17-15(19)9-18(2)8-12-5-6-20-10-12/h3-7,10H,8-9,16H2,1-2H3,(H,17,19). The van der Waals surface area contributed by atoms with Crippen LogP contribution in [0.25, 0.3) is 0 Å². The first-order valence-electron chi connectivity index (χ1n) is 6.40. The van der Waals surface area contributed by atoms with Gasteiger partial charge in [-0.15, -0.1) is 0 Å². The number of amides is 1. The van der Waals surface area contributed by atoms with Crippen molar-refractivity contribution >= 4 is 17.3 Å². The van der Waals surface area contributed by atoms with Gasteiger partial charge in [0.05, 0.1) is 19.1 Å². The largest absolute Gasteiger partial charge is 0.472 e. The molecule has 0 saturated heterocycles.